The van der Waals surface area contributed by atoms with E-state index in [2.05, 4.69) is 10.6 Å². The molecule has 1 aliphatic heterocycles. The summed E-state index contributed by atoms with van der Waals surface area (Å²) in [4.78, 5) is 24.4. The lowest BCUT2D eigenvalue weighted by Gasteiger charge is -2.25. The largest absolute Gasteiger partial charge is 0.375 e. The lowest BCUT2D eigenvalue weighted by Crippen LogP contribution is -2.42. The first-order chi connectivity index (χ1) is 8.13. The van der Waals surface area contributed by atoms with Crippen LogP contribution >= 0.6 is 0 Å². The molecule has 1 fully saturated rings. The van der Waals surface area contributed by atoms with E-state index in [1.165, 1.54) is 0 Å². The molecule has 98 valence electrons. The van der Waals surface area contributed by atoms with Crippen LogP contribution in [-0.2, 0) is 14.3 Å². The monoisotopic (exact) mass is 243 g/mol. The van der Waals surface area contributed by atoms with Crippen LogP contribution in [0.1, 0.15) is 12.8 Å². The van der Waals surface area contributed by atoms with Crippen molar-refractivity contribution in [1.82, 2.24) is 15.5 Å². The number of rotatable bonds is 5. The molecule has 1 saturated heterocycles. The molecule has 1 unspecified atom stereocenters. The maximum absolute atomic E-state index is 11.8. The van der Waals surface area contributed by atoms with Crippen molar-refractivity contribution in [3.8, 4) is 0 Å². The Morgan fingerprint density at radius 3 is 2.88 bits per heavy atom. The van der Waals surface area contributed by atoms with Crippen molar-refractivity contribution in [2.24, 2.45) is 0 Å². The van der Waals surface area contributed by atoms with Gasteiger partial charge in [0.15, 0.2) is 0 Å². The summed E-state index contributed by atoms with van der Waals surface area (Å²) in [6.45, 7) is 2.66. The number of carbonyl (C=O) groups is 2. The topological polar surface area (TPSA) is 70.7 Å². The van der Waals surface area contributed by atoms with E-state index in [0.717, 1.165) is 13.1 Å². The highest BCUT2D eigenvalue weighted by atomic mass is 16.5. The van der Waals surface area contributed by atoms with Gasteiger partial charge in [0.2, 0.25) is 11.8 Å². The molecule has 2 amide bonds. The molecule has 1 heterocycles. The Morgan fingerprint density at radius 2 is 2.29 bits per heavy atom. The second-order valence-corrected chi connectivity index (χ2v) is 4.14. The number of morpholine rings is 1. The zero-order valence-electron chi connectivity index (χ0n) is 10.5. The van der Waals surface area contributed by atoms with E-state index in [1.807, 2.05) is 0 Å². The normalized spacial score (nSPS) is 19.8. The van der Waals surface area contributed by atoms with Crippen LogP contribution in [0.4, 0.5) is 0 Å². The average molecular weight is 243 g/mol. The molecular formula is C11H21N3O3. The molecule has 0 radical (unpaired) electrons. The third-order valence-electron chi connectivity index (χ3n) is 2.79. The van der Waals surface area contributed by atoms with Crippen LogP contribution in [0.25, 0.3) is 0 Å². The van der Waals surface area contributed by atoms with Crippen molar-refractivity contribution in [2.75, 3.05) is 40.3 Å². The number of hydrogen-bond donors (Lipinski definition) is 2. The summed E-state index contributed by atoms with van der Waals surface area (Å²) in [5.74, 6) is -0.0390. The highest BCUT2D eigenvalue weighted by Gasteiger charge is 2.19. The van der Waals surface area contributed by atoms with E-state index in [0.29, 0.717) is 26.0 Å². The van der Waals surface area contributed by atoms with Crippen molar-refractivity contribution < 1.29 is 14.3 Å². The molecule has 17 heavy (non-hydrogen) atoms. The summed E-state index contributed by atoms with van der Waals surface area (Å²) in [7, 11) is 3.30. The second-order valence-electron chi connectivity index (χ2n) is 4.14. The number of nitrogens with one attached hydrogen (secondary N) is 2. The molecule has 2 N–H and O–H groups in total. The third kappa shape index (κ3) is 5.14. The van der Waals surface area contributed by atoms with E-state index in [9.17, 15) is 9.59 Å². The van der Waals surface area contributed by atoms with Gasteiger partial charge in [-0.15, -0.1) is 0 Å². The van der Waals surface area contributed by atoms with E-state index < -0.39 is 0 Å². The van der Waals surface area contributed by atoms with Gasteiger partial charge in [-0.2, -0.15) is 0 Å². The fourth-order valence-corrected chi connectivity index (χ4v) is 1.62. The molecule has 0 spiro atoms. The van der Waals surface area contributed by atoms with Crippen LogP contribution in [0.2, 0.25) is 0 Å². The summed E-state index contributed by atoms with van der Waals surface area (Å²) < 4.78 is 5.46. The van der Waals surface area contributed by atoms with Crippen molar-refractivity contribution >= 4 is 11.8 Å². The standard InChI is InChI=1S/C11H21N3O3/c1-12-10(15)3-5-14(2)11(16)7-9-8-13-4-6-17-9/h9,13H,3-8H2,1-2H3,(H,12,15). The quantitative estimate of drug-likeness (QED) is 0.647. The van der Waals surface area contributed by atoms with Crippen molar-refractivity contribution in [3.63, 3.8) is 0 Å². The molecular weight excluding hydrogens is 222 g/mol. The van der Waals surface area contributed by atoms with Crippen LogP contribution < -0.4 is 10.6 Å². The average Bonchev–Trinajstić information content (AvgIpc) is 2.36. The minimum absolute atomic E-state index is 0.0163. The van der Waals surface area contributed by atoms with Crippen LogP contribution in [0.15, 0.2) is 0 Å². The maximum Gasteiger partial charge on any atom is 0.224 e. The first-order valence-corrected chi connectivity index (χ1v) is 5.90. The van der Waals surface area contributed by atoms with Crippen LogP contribution in [0, 0.1) is 0 Å². The minimum atomic E-state index is -0.0553. The molecule has 1 atom stereocenters. The summed E-state index contributed by atoms with van der Waals surface area (Å²) in [6.07, 6.45) is 0.665. The van der Waals surface area contributed by atoms with Gasteiger partial charge in [0.05, 0.1) is 19.1 Å². The summed E-state index contributed by atoms with van der Waals surface area (Å²) in [5, 5.41) is 5.71. The number of carbonyl (C=O) groups excluding carboxylic acids is 2. The molecule has 0 aliphatic carbocycles. The first kappa shape index (κ1) is 13.9. The lowest BCUT2D eigenvalue weighted by atomic mass is 10.2. The molecule has 1 aliphatic rings. The Hall–Kier alpha value is -1.14. The highest BCUT2D eigenvalue weighted by Crippen LogP contribution is 2.04. The Labute approximate surface area is 102 Å². The van der Waals surface area contributed by atoms with E-state index in [-0.39, 0.29) is 17.9 Å². The predicted octanol–water partition coefficient (Wildman–Crippen LogP) is -1.04. The van der Waals surface area contributed by atoms with Gasteiger partial charge in [-0.1, -0.05) is 0 Å². The zero-order chi connectivity index (χ0) is 12.7. The molecule has 6 nitrogen and oxygen atoms in total. The second kappa shape index (κ2) is 7.24. The van der Waals surface area contributed by atoms with Gasteiger partial charge in [-0.05, 0) is 0 Å². The fraction of sp³-hybridized carbons (Fsp3) is 0.818. The zero-order valence-corrected chi connectivity index (χ0v) is 10.5. The Kier molecular flexibility index (Phi) is 5.93. The van der Waals surface area contributed by atoms with Crippen LogP contribution in [-0.4, -0.2) is 63.2 Å². The molecule has 0 aromatic rings. The van der Waals surface area contributed by atoms with Crippen LogP contribution in [0.5, 0.6) is 0 Å². The van der Waals surface area contributed by atoms with Gasteiger partial charge >= 0.3 is 0 Å². The number of hydrogen-bond acceptors (Lipinski definition) is 4. The number of ether oxygens (including phenoxy) is 1. The SMILES string of the molecule is CNC(=O)CCN(C)C(=O)CC1CNCCO1. The van der Waals surface area contributed by atoms with Crippen molar-refractivity contribution in [2.45, 2.75) is 18.9 Å². The molecule has 0 aromatic carbocycles. The maximum atomic E-state index is 11.8. The van der Waals surface area contributed by atoms with Crippen molar-refractivity contribution in [3.05, 3.63) is 0 Å². The van der Waals surface area contributed by atoms with Gasteiger partial charge in [0.1, 0.15) is 0 Å². The Bertz CT molecular complexity index is 265. The first-order valence-electron chi connectivity index (χ1n) is 5.90. The number of amides is 2. The summed E-state index contributed by atoms with van der Waals surface area (Å²) >= 11 is 0. The molecule has 0 saturated carbocycles. The van der Waals surface area contributed by atoms with Gasteiger partial charge < -0.3 is 20.3 Å². The van der Waals surface area contributed by atoms with Gasteiger partial charge in [0.25, 0.3) is 0 Å². The Balaban J connectivity index is 2.23. The van der Waals surface area contributed by atoms with Gasteiger partial charge in [-0.3, -0.25) is 9.59 Å². The van der Waals surface area contributed by atoms with E-state index in [1.54, 1.807) is 19.0 Å². The number of nitrogens with zero attached hydrogens (tertiary/aromatic N) is 1. The summed E-state index contributed by atoms with van der Waals surface area (Å²) in [6, 6.07) is 0. The van der Waals surface area contributed by atoms with Gasteiger partial charge in [-0.25, -0.2) is 0 Å². The van der Waals surface area contributed by atoms with E-state index in [4.69, 9.17) is 4.74 Å². The van der Waals surface area contributed by atoms with Crippen molar-refractivity contribution in [1.29, 1.82) is 0 Å². The van der Waals surface area contributed by atoms with E-state index >= 15 is 0 Å². The molecule has 0 aromatic heterocycles. The highest BCUT2D eigenvalue weighted by molar-refractivity contribution is 5.79. The Morgan fingerprint density at radius 1 is 1.53 bits per heavy atom. The fourth-order valence-electron chi connectivity index (χ4n) is 1.62. The third-order valence-corrected chi connectivity index (χ3v) is 2.79. The summed E-state index contributed by atoms with van der Waals surface area (Å²) in [5.41, 5.74) is 0. The smallest absolute Gasteiger partial charge is 0.224 e. The predicted molar refractivity (Wildman–Crippen MR) is 63.5 cm³/mol. The molecule has 6 heteroatoms. The van der Waals surface area contributed by atoms with Crippen LogP contribution in [0.3, 0.4) is 0 Å². The molecule has 1 rings (SSSR count). The van der Waals surface area contributed by atoms with Gasteiger partial charge in [0, 0.05) is 40.2 Å². The lowest BCUT2D eigenvalue weighted by molar-refractivity contribution is -0.133. The minimum Gasteiger partial charge on any atom is -0.375 e. The molecule has 0 bridgehead atoms.